The molecule has 3 rings (SSSR count). The highest BCUT2D eigenvalue weighted by molar-refractivity contribution is 5.99. The monoisotopic (exact) mass is 373 g/mol. The Bertz CT molecular complexity index is 756. The summed E-state index contributed by atoms with van der Waals surface area (Å²) in [6.45, 7) is 8.87. The first kappa shape index (κ1) is 19.8. The normalized spacial score (nSPS) is 17.8. The van der Waals surface area contributed by atoms with E-state index in [-0.39, 0.29) is 12.5 Å². The van der Waals surface area contributed by atoms with Crippen molar-refractivity contribution in [3.8, 4) is 0 Å². The third kappa shape index (κ3) is 4.65. The molecule has 2 aromatic rings. The smallest absolute Gasteiger partial charge is 0.259 e. The molecular weight excluding hydrogens is 342 g/mol. The summed E-state index contributed by atoms with van der Waals surface area (Å²) in [6.07, 6.45) is 9.39. The zero-order valence-corrected chi connectivity index (χ0v) is 16.5. The second-order valence-corrected chi connectivity index (χ2v) is 7.38. The standard InChI is InChI=1S/C20H31N5O2/c1-3-23(4-2)13-17-11-21-19-18(12-22-25(19)15-17)20(27)24-9-5-7-16(14-24)8-6-10-26/h11-12,15-16,26H,3-10,13-14H2,1-2H3. The van der Waals surface area contributed by atoms with E-state index in [1.165, 1.54) is 0 Å². The van der Waals surface area contributed by atoms with Crippen molar-refractivity contribution in [2.75, 3.05) is 32.8 Å². The van der Waals surface area contributed by atoms with Gasteiger partial charge in [0.25, 0.3) is 5.91 Å². The van der Waals surface area contributed by atoms with Gasteiger partial charge in [-0.3, -0.25) is 9.69 Å². The predicted molar refractivity (Wildman–Crippen MR) is 105 cm³/mol. The minimum atomic E-state index is 0.0164. The van der Waals surface area contributed by atoms with E-state index in [0.29, 0.717) is 17.1 Å². The van der Waals surface area contributed by atoms with Gasteiger partial charge in [0, 0.05) is 44.2 Å². The summed E-state index contributed by atoms with van der Waals surface area (Å²) >= 11 is 0. The molecule has 7 heteroatoms. The molecule has 0 bridgehead atoms. The summed E-state index contributed by atoms with van der Waals surface area (Å²) in [7, 11) is 0. The average molecular weight is 374 g/mol. The quantitative estimate of drug-likeness (QED) is 0.768. The Morgan fingerprint density at radius 1 is 1.33 bits per heavy atom. The zero-order chi connectivity index (χ0) is 19.2. The summed E-state index contributed by atoms with van der Waals surface area (Å²) in [5, 5.41) is 13.4. The van der Waals surface area contributed by atoms with Crippen molar-refractivity contribution < 1.29 is 9.90 Å². The SMILES string of the molecule is CCN(CC)Cc1cnc2c(C(=O)N3CCCC(CCCO)C3)cnn2c1. The number of amides is 1. The fourth-order valence-corrected chi connectivity index (χ4v) is 3.89. The Hall–Kier alpha value is -1.99. The maximum absolute atomic E-state index is 13.0. The largest absolute Gasteiger partial charge is 0.396 e. The van der Waals surface area contributed by atoms with Crippen LogP contribution in [0.2, 0.25) is 0 Å². The highest BCUT2D eigenvalue weighted by atomic mass is 16.3. The van der Waals surface area contributed by atoms with Crippen LogP contribution in [0.3, 0.4) is 0 Å². The maximum atomic E-state index is 13.0. The average Bonchev–Trinajstić information content (AvgIpc) is 3.13. The number of likely N-dealkylation sites (tertiary alicyclic amines) is 1. The molecule has 7 nitrogen and oxygen atoms in total. The number of fused-ring (bicyclic) bond motifs is 1. The van der Waals surface area contributed by atoms with E-state index in [4.69, 9.17) is 5.11 Å². The van der Waals surface area contributed by atoms with Gasteiger partial charge in [0.2, 0.25) is 0 Å². The highest BCUT2D eigenvalue weighted by Gasteiger charge is 2.26. The van der Waals surface area contributed by atoms with Crippen molar-refractivity contribution in [3.05, 3.63) is 29.7 Å². The Morgan fingerprint density at radius 2 is 2.15 bits per heavy atom. The van der Waals surface area contributed by atoms with Crippen LogP contribution in [0.4, 0.5) is 0 Å². The Labute approximate surface area is 161 Å². The second-order valence-electron chi connectivity index (χ2n) is 7.38. The van der Waals surface area contributed by atoms with E-state index in [2.05, 4.69) is 28.8 Å². The predicted octanol–water partition coefficient (Wildman–Crippen LogP) is 2.20. The molecular formula is C20H31N5O2. The van der Waals surface area contributed by atoms with Crippen LogP contribution >= 0.6 is 0 Å². The van der Waals surface area contributed by atoms with Crippen molar-refractivity contribution in [1.29, 1.82) is 0 Å². The van der Waals surface area contributed by atoms with Crippen LogP contribution in [0.5, 0.6) is 0 Å². The van der Waals surface area contributed by atoms with Gasteiger partial charge in [-0.15, -0.1) is 0 Å². The summed E-state index contributed by atoms with van der Waals surface area (Å²) in [5.74, 6) is 0.494. The fraction of sp³-hybridized carbons (Fsp3) is 0.650. The molecule has 0 aromatic carbocycles. The van der Waals surface area contributed by atoms with Gasteiger partial charge in [-0.25, -0.2) is 9.50 Å². The van der Waals surface area contributed by atoms with Crippen molar-refractivity contribution in [2.24, 2.45) is 5.92 Å². The van der Waals surface area contributed by atoms with Gasteiger partial charge < -0.3 is 10.0 Å². The molecule has 0 aliphatic carbocycles. The number of aliphatic hydroxyl groups excluding tert-OH is 1. The number of piperidine rings is 1. The van der Waals surface area contributed by atoms with E-state index in [1.807, 2.05) is 17.3 Å². The fourth-order valence-electron chi connectivity index (χ4n) is 3.89. The molecule has 148 valence electrons. The van der Waals surface area contributed by atoms with Gasteiger partial charge in [0.05, 0.1) is 6.20 Å². The minimum absolute atomic E-state index is 0.0164. The van der Waals surface area contributed by atoms with Crippen LogP contribution < -0.4 is 0 Å². The first-order valence-electron chi connectivity index (χ1n) is 10.1. The van der Waals surface area contributed by atoms with Gasteiger partial charge >= 0.3 is 0 Å². The minimum Gasteiger partial charge on any atom is -0.396 e. The molecule has 27 heavy (non-hydrogen) atoms. The second kappa shape index (κ2) is 9.28. The summed E-state index contributed by atoms with van der Waals surface area (Å²) in [4.78, 5) is 21.8. The Morgan fingerprint density at radius 3 is 2.89 bits per heavy atom. The van der Waals surface area contributed by atoms with Crippen LogP contribution in [-0.4, -0.2) is 68.2 Å². The number of carbonyl (C=O) groups excluding carboxylic acids is 1. The summed E-state index contributed by atoms with van der Waals surface area (Å²) in [6, 6.07) is 0. The van der Waals surface area contributed by atoms with Crippen LogP contribution in [0.15, 0.2) is 18.6 Å². The lowest BCUT2D eigenvalue weighted by Crippen LogP contribution is -2.40. The van der Waals surface area contributed by atoms with Gasteiger partial charge in [0.15, 0.2) is 5.65 Å². The number of hydrogen-bond donors (Lipinski definition) is 1. The number of hydrogen-bond acceptors (Lipinski definition) is 5. The molecule has 1 atom stereocenters. The topological polar surface area (TPSA) is 74.0 Å². The zero-order valence-electron chi connectivity index (χ0n) is 16.5. The van der Waals surface area contributed by atoms with Crippen molar-refractivity contribution in [3.63, 3.8) is 0 Å². The highest BCUT2D eigenvalue weighted by Crippen LogP contribution is 2.23. The number of aromatic nitrogens is 3. The molecule has 0 radical (unpaired) electrons. The number of carbonyl (C=O) groups is 1. The maximum Gasteiger partial charge on any atom is 0.259 e. The lowest BCUT2D eigenvalue weighted by molar-refractivity contribution is 0.0665. The number of rotatable bonds is 8. The van der Waals surface area contributed by atoms with Crippen LogP contribution in [0, 0.1) is 5.92 Å². The lowest BCUT2D eigenvalue weighted by atomic mass is 9.93. The van der Waals surface area contributed by atoms with Crippen molar-refractivity contribution >= 4 is 11.6 Å². The third-order valence-corrected chi connectivity index (χ3v) is 5.52. The molecule has 0 spiro atoms. The first-order chi connectivity index (χ1) is 13.2. The lowest BCUT2D eigenvalue weighted by Gasteiger charge is -2.32. The van der Waals surface area contributed by atoms with Crippen molar-refractivity contribution in [2.45, 2.75) is 46.1 Å². The van der Waals surface area contributed by atoms with Gasteiger partial charge in [-0.2, -0.15) is 5.10 Å². The number of aliphatic hydroxyl groups is 1. The van der Waals surface area contributed by atoms with Crippen LogP contribution in [0.1, 0.15) is 55.5 Å². The molecule has 1 saturated heterocycles. The van der Waals surface area contributed by atoms with Crippen molar-refractivity contribution in [1.82, 2.24) is 24.4 Å². The van der Waals surface area contributed by atoms with E-state index in [0.717, 1.165) is 64.0 Å². The molecule has 1 amide bonds. The van der Waals surface area contributed by atoms with E-state index < -0.39 is 0 Å². The Balaban J connectivity index is 1.73. The van der Waals surface area contributed by atoms with Crippen LogP contribution in [0.25, 0.3) is 5.65 Å². The summed E-state index contributed by atoms with van der Waals surface area (Å²) in [5.41, 5.74) is 2.29. The molecule has 2 aromatic heterocycles. The molecule has 1 aliphatic heterocycles. The van der Waals surface area contributed by atoms with Gasteiger partial charge in [-0.05, 0) is 44.7 Å². The molecule has 1 unspecified atom stereocenters. The summed E-state index contributed by atoms with van der Waals surface area (Å²) < 4.78 is 1.72. The number of nitrogens with zero attached hydrogens (tertiary/aromatic N) is 5. The molecule has 1 fully saturated rings. The van der Waals surface area contributed by atoms with Gasteiger partial charge in [-0.1, -0.05) is 13.8 Å². The van der Waals surface area contributed by atoms with E-state index in [9.17, 15) is 4.79 Å². The Kier molecular flexibility index (Phi) is 6.79. The van der Waals surface area contributed by atoms with Crippen LogP contribution in [-0.2, 0) is 6.54 Å². The third-order valence-electron chi connectivity index (χ3n) is 5.52. The first-order valence-corrected chi connectivity index (χ1v) is 10.1. The molecule has 1 aliphatic rings. The molecule has 0 saturated carbocycles. The van der Waals surface area contributed by atoms with E-state index in [1.54, 1.807) is 10.7 Å². The molecule has 1 N–H and O–H groups in total. The van der Waals surface area contributed by atoms with Gasteiger partial charge in [0.1, 0.15) is 5.56 Å². The van der Waals surface area contributed by atoms with E-state index >= 15 is 0 Å². The molecule has 3 heterocycles.